The lowest BCUT2D eigenvalue weighted by atomic mass is 10.0. The third-order valence-corrected chi connectivity index (χ3v) is 2.89. The first kappa shape index (κ1) is 12.4. The maximum atomic E-state index is 10.1. The summed E-state index contributed by atoms with van der Waals surface area (Å²) in [4.78, 5) is 0. The van der Waals surface area contributed by atoms with Gasteiger partial charge in [0, 0.05) is 6.42 Å². The molecule has 0 bridgehead atoms. The number of ether oxygens (including phenoxy) is 3. The Hall–Kier alpha value is -1.10. The van der Waals surface area contributed by atoms with Gasteiger partial charge in [-0.05, 0) is 11.6 Å². The third-order valence-electron chi connectivity index (χ3n) is 2.89. The van der Waals surface area contributed by atoms with Crippen molar-refractivity contribution in [3.63, 3.8) is 0 Å². The molecule has 0 aliphatic carbocycles. The molecule has 0 saturated carbocycles. The van der Waals surface area contributed by atoms with Gasteiger partial charge in [-0.2, -0.15) is 0 Å². The van der Waals surface area contributed by atoms with Gasteiger partial charge < -0.3 is 19.3 Å². The SMILES string of the molecule is COc1ccccc1CC(O)C1COCCO1. The highest BCUT2D eigenvalue weighted by Crippen LogP contribution is 2.20. The van der Waals surface area contributed by atoms with Crippen molar-refractivity contribution in [2.45, 2.75) is 18.6 Å². The van der Waals surface area contributed by atoms with Gasteiger partial charge in [0.1, 0.15) is 11.9 Å². The predicted molar refractivity (Wildman–Crippen MR) is 63.3 cm³/mol. The fourth-order valence-electron chi connectivity index (χ4n) is 1.96. The number of aliphatic hydroxyl groups excluding tert-OH is 1. The standard InChI is InChI=1S/C13H18O4/c1-15-12-5-3-2-4-10(12)8-11(14)13-9-16-6-7-17-13/h2-5,11,13-14H,6-9H2,1H3. The van der Waals surface area contributed by atoms with Crippen LogP contribution in [0.1, 0.15) is 5.56 Å². The highest BCUT2D eigenvalue weighted by molar-refractivity contribution is 5.33. The molecule has 1 aromatic carbocycles. The van der Waals surface area contributed by atoms with E-state index in [1.807, 2.05) is 24.3 Å². The van der Waals surface area contributed by atoms with Crippen molar-refractivity contribution in [2.24, 2.45) is 0 Å². The number of hydrogen-bond donors (Lipinski definition) is 1. The van der Waals surface area contributed by atoms with E-state index in [2.05, 4.69) is 0 Å². The van der Waals surface area contributed by atoms with Gasteiger partial charge in [-0.15, -0.1) is 0 Å². The Morgan fingerprint density at radius 1 is 1.41 bits per heavy atom. The van der Waals surface area contributed by atoms with Crippen molar-refractivity contribution in [3.05, 3.63) is 29.8 Å². The van der Waals surface area contributed by atoms with Crippen LogP contribution in [0, 0.1) is 0 Å². The second-order valence-corrected chi connectivity index (χ2v) is 4.07. The number of methoxy groups -OCH3 is 1. The van der Waals surface area contributed by atoms with Crippen LogP contribution in [-0.4, -0.2) is 44.2 Å². The summed E-state index contributed by atoms with van der Waals surface area (Å²) in [6.07, 6.45) is -0.293. The summed E-state index contributed by atoms with van der Waals surface area (Å²) >= 11 is 0. The van der Waals surface area contributed by atoms with Crippen LogP contribution < -0.4 is 4.74 Å². The van der Waals surface area contributed by atoms with Crippen LogP contribution in [-0.2, 0) is 15.9 Å². The fourth-order valence-corrected chi connectivity index (χ4v) is 1.96. The zero-order valence-corrected chi connectivity index (χ0v) is 9.96. The van der Waals surface area contributed by atoms with Gasteiger partial charge in [0.05, 0.1) is 33.0 Å². The van der Waals surface area contributed by atoms with Crippen LogP contribution in [0.4, 0.5) is 0 Å². The highest BCUT2D eigenvalue weighted by Gasteiger charge is 2.24. The van der Waals surface area contributed by atoms with Crippen molar-refractivity contribution in [2.75, 3.05) is 26.9 Å². The third kappa shape index (κ3) is 3.19. The summed E-state index contributed by atoms with van der Waals surface area (Å²) in [5.41, 5.74) is 0.983. The molecule has 1 aliphatic heterocycles. The molecule has 0 spiro atoms. The van der Waals surface area contributed by atoms with Gasteiger partial charge in [-0.25, -0.2) is 0 Å². The van der Waals surface area contributed by atoms with Crippen LogP contribution in [0.2, 0.25) is 0 Å². The second-order valence-electron chi connectivity index (χ2n) is 4.07. The van der Waals surface area contributed by atoms with E-state index in [1.54, 1.807) is 7.11 Å². The highest BCUT2D eigenvalue weighted by atomic mass is 16.6. The molecule has 1 N–H and O–H groups in total. The lowest BCUT2D eigenvalue weighted by Gasteiger charge is -2.27. The van der Waals surface area contributed by atoms with Crippen LogP contribution in [0.25, 0.3) is 0 Å². The summed E-state index contributed by atoms with van der Waals surface area (Å²) in [5.74, 6) is 0.795. The first-order valence-electron chi connectivity index (χ1n) is 5.80. The van der Waals surface area contributed by atoms with Crippen LogP contribution in [0.5, 0.6) is 5.75 Å². The predicted octanol–water partition coefficient (Wildman–Crippen LogP) is 1.01. The van der Waals surface area contributed by atoms with Gasteiger partial charge in [0.2, 0.25) is 0 Å². The molecule has 4 heteroatoms. The van der Waals surface area contributed by atoms with E-state index in [0.29, 0.717) is 26.2 Å². The van der Waals surface area contributed by atoms with E-state index in [1.165, 1.54) is 0 Å². The Balaban J connectivity index is 1.99. The molecule has 0 radical (unpaired) electrons. The smallest absolute Gasteiger partial charge is 0.122 e. The van der Waals surface area contributed by atoms with Crippen molar-refractivity contribution < 1.29 is 19.3 Å². The molecule has 0 aromatic heterocycles. The van der Waals surface area contributed by atoms with Gasteiger partial charge in [0.15, 0.2) is 0 Å². The van der Waals surface area contributed by atoms with Gasteiger partial charge in [-0.3, -0.25) is 0 Å². The van der Waals surface area contributed by atoms with Gasteiger partial charge in [0.25, 0.3) is 0 Å². The van der Waals surface area contributed by atoms with E-state index in [9.17, 15) is 5.11 Å². The lowest BCUT2D eigenvalue weighted by Crippen LogP contribution is -2.39. The molecule has 94 valence electrons. The second kappa shape index (κ2) is 6.00. The van der Waals surface area contributed by atoms with Gasteiger partial charge in [-0.1, -0.05) is 18.2 Å². The van der Waals surface area contributed by atoms with Crippen molar-refractivity contribution in [3.8, 4) is 5.75 Å². The normalized spacial score (nSPS) is 22.1. The molecule has 1 aromatic rings. The Morgan fingerprint density at radius 3 is 2.94 bits per heavy atom. The number of aliphatic hydroxyl groups is 1. The molecule has 4 nitrogen and oxygen atoms in total. The van der Waals surface area contributed by atoms with Crippen molar-refractivity contribution >= 4 is 0 Å². The molecule has 1 saturated heterocycles. The molecule has 2 rings (SSSR count). The molecule has 1 fully saturated rings. The average molecular weight is 238 g/mol. The molecule has 0 amide bonds. The molecular formula is C13H18O4. The Labute approximate surface area is 101 Å². The summed E-state index contributed by atoms with van der Waals surface area (Å²) in [7, 11) is 1.63. The minimum absolute atomic E-state index is 0.242. The molecule has 2 unspecified atom stereocenters. The zero-order chi connectivity index (χ0) is 12.1. The summed E-state index contributed by atoms with van der Waals surface area (Å²) < 4.78 is 16.0. The van der Waals surface area contributed by atoms with E-state index < -0.39 is 6.10 Å². The van der Waals surface area contributed by atoms with E-state index >= 15 is 0 Å². The lowest BCUT2D eigenvalue weighted by molar-refractivity contribution is -0.131. The first-order chi connectivity index (χ1) is 8.31. The molecule has 17 heavy (non-hydrogen) atoms. The van der Waals surface area contributed by atoms with E-state index in [0.717, 1.165) is 11.3 Å². The molecular weight excluding hydrogens is 220 g/mol. The number of para-hydroxylation sites is 1. The minimum atomic E-state index is -0.563. The van der Waals surface area contributed by atoms with Crippen LogP contribution >= 0.6 is 0 Å². The van der Waals surface area contributed by atoms with Crippen molar-refractivity contribution in [1.29, 1.82) is 0 Å². The van der Waals surface area contributed by atoms with Crippen LogP contribution in [0.3, 0.4) is 0 Å². The van der Waals surface area contributed by atoms with Gasteiger partial charge >= 0.3 is 0 Å². The Kier molecular flexibility index (Phi) is 4.36. The molecule has 2 atom stereocenters. The summed E-state index contributed by atoms with van der Waals surface area (Å²) in [5, 5.41) is 10.1. The number of hydrogen-bond acceptors (Lipinski definition) is 4. The summed E-state index contributed by atoms with van der Waals surface area (Å²) in [6.45, 7) is 1.61. The van der Waals surface area contributed by atoms with E-state index in [4.69, 9.17) is 14.2 Å². The summed E-state index contributed by atoms with van der Waals surface area (Å²) in [6, 6.07) is 7.68. The first-order valence-corrected chi connectivity index (χ1v) is 5.80. The number of benzene rings is 1. The molecule has 1 heterocycles. The quantitative estimate of drug-likeness (QED) is 0.850. The van der Waals surface area contributed by atoms with E-state index in [-0.39, 0.29) is 6.10 Å². The average Bonchev–Trinajstić information content (AvgIpc) is 2.40. The fraction of sp³-hybridized carbons (Fsp3) is 0.538. The maximum Gasteiger partial charge on any atom is 0.122 e. The molecule has 1 aliphatic rings. The Bertz CT molecular complexity index is 347. The monoisotopic (exact) mass is 238 g/mol. The van der Waals surface area contributed by atoms with Crippen molar-refractivity contribution in [1.82, 2.24) is 0 Å². The largest absolute Gasteiger partial charge is 0.496 e. The Morgan fingerprint density at radius 2 is 2.24 bits per heavy atom. The maximum absolute atomic E-state index is 10.1. The minimum Gasteiger partial charge on any atom is -0.496 e. The number of rotatable bonds is 4. The van der Waals surface area contributed by atoms with Crippen LogP contribution in [0.15, 0.2) is 24.3 Å². The zero-order valence-electron chi connectivity index (χ0n) is 9.96. The topological polar surface area (TPSA) is 47.9 Å².